The Hall–Kier alpha value is 0.0700. The number of nitrogens with one attached hydrogen (secondary N) is 1. The quantitative estimate of drug-likeness (QED) is 0.701. The maximum Gasteiger partial charge on any atom is 0.0942 e. The van der Waals surface area contributed by atoms with Gasteiger partial charge in [-0.2, -0.15) is 0 Å². The fourth-order valence-corrected chi connectivity index (χ4v) is 3.66. The molecule has 0 radical (unpaired) electrons. The van der Waals surface area contributed by atoms with Gasteiger partial charge in [-0.1, -0.05) is 6.92 Å². The topological polar surface area (TPSA) is 32.3 Å². The Kier molecular flexibility index (Phi) is 3.01. The minimum absolute atomic E-state index is 0.550. The molecule has 13 heavy (non-hydrogen) atoms. The highest BCUT2D eigenvalue weighted by atomic mass is 32.2. The zero-order chi connectivity index (χ0) is 9.26. The summed E-state index contributed by atoms with van der Waals surface area (Å²) < 4.78 is 13.9. The first-order chi connectivity index (χ1) is 6.33. The smallest absolute Gasteiger partial charge is 0.0942 e. The molecule has 2 fully saturated rings. The summed E-state index contributed by atoms with van der Waals surface area (Å²) in [5.41, 5.74) is 0. The van der Waals surface area contributed by atoms with E-state index in [2.05, 4.69) is 9.62 Å². The number of rotatable bonds is 2. The van der Waals surface area contributed by atoms with Crippen LogP contribution in [0.2, 0.25) is 0 Å². The largest absolute Gasteiger partial charge is 0.315 e. The molecule has 0 aromatic heterocycles. The molecular formula is C9H18N2OS. The van der Waals surface area contributed by atoms with Crippen LogP contribution in [0.5, 0.6) is 0 Å². The van der Waals surface area contributed by atoms with Gasteiger partial charge >= 0.3 is 0 Å². The van der Waals surface area contributed by atoms with Gasteiger partial charge in [0.25, 0.3) is 0 Å². The maximum atomic E-state index is 11.7. The van der Waals surface area contributed by atoms with Gasteiger partial charge in [-0.05, 0) is 25.3 Å². The molecule has 0 aromatic carbocycles. The number of fused-ring (bicyclic) bond motifs is 1. The van der Waals surface area contributed by atoms with Crippen LogP contribution in [-0.4, -0.2) is 39.9 Å². The second-order valence-corrected chi connectivity index (χ2v) is 5.57. The molecule has 3 atom stereocenters. The lowest BCUT2D eigenvalue weighted by molar-refractivity contribution is 0.227. The summed E-state index contributed by atoms with van der Waals surface area (Å²) in [6, 6.07) is 0.550. The van der Waals surface area contributed by atoms with Crippen molar-refractivity contribution < 1.29 is 4.21 Å². The monoisotopic (exact) mass is 202 g/mol. The third kappa shape index (κ3) is 1.80. The van der Waals surface area contributed by atoms with E-state index in [9.17, 15) is 4.21 Å². The van der Waals surface area contributed by atoms with Crippen molar-refractivity contribution in [1.82, 2.24) is 9.62 Å². The van der Waals surface area contributed by atoms with E-state index in [0.29, 0.717) is 6.04 Å². The molecule has 76 valence electrons. The third-order valence-electron chi connectivity index (χ3n) is 3.14. The third-order valence-corrected chi connectivity index (χ3v) is 4.61. The molecule has 2 saturated heterocycles. The van der Waals surface area contributed by atoms with Gasteiger partial charge in [-0.25, -0.2) is 8.51 Å². The molecule has 0 amide bonds. The van der Waals surface area contributed by atoms with Gasteiger partial charge in [0.05, 0.1) is 11.0 Å². The van der Waals surface area contributed by atoms with E-state index in [1.165, 1.54) is 12.8 Å². The molecule has 0 bridgehead atoms. The minimum atomic E-state index is -0.731. The molecule has 1 N–H and O–H groups in total. The summed E-state index contributed by atoms with van der Waals surface area (Å²) in [5.74, 6) is 1.52. The van der Waals surface area contributed by atoms with E-state index >= 15 is 0 Å². The Bertz CT molecular complexity index is 210. The van der Waals surface area contributed by atoms with Crippen LogP contribution in [-0.2, 0) is 11.0 Å². The van der Waals surface area contributed by atoms with Crippen molar-refractivity contribution in [2.24, 2.45) is 5.92 Å². The van der Waals surface area contributed by atoms with Crippen LogP contribution in [0.15, 0.2) is 0 Å². The lowest BCUT2D eigenvalue weighted by atomic mass is 9.94. The molecule has 0 aliphatic carbocycles. The minimum Gasteiger partial charge on any atom is -0.315 e. The van der Waals surface area contributed by atoms with Gasteiger partial charge in [0.15, 0.2) is 0 Å². The predicted octanol–water partition coefficient (Wildman–Crippen LogP) is 0.354. The molecule has 0 aromatic rings. The van der Waals surface area contributed by atoms with E-state index in [1.54, 1.807) is 0 Å². The van der Waals surface area contributed by atoms with Crippen LogP contribution in [0.25, 0.3) is 0 Å². The fraction of sp³-hybridized carbons (Fsp3) is 1.00. The van der Waals surface area contributed by atoms with Crippen LogP contribution >= 0.6 is 0 Å². The Morgan fingerprint density at radius 2 is 2.38 bits per heavy atom. The SMILES string of the molecule is CCS(=O)N1CCCC2CNCC21. The molecular weight excluding hydrogens is 184 g/mol. The molecule has 2 heterocycles. The Morgan fingerprint density at radius 3 is 3.15 bits per heavy atom. The van der Waals surface area contributed by atoms with Crippen molar-refractivity contribution in [3.63, 3.8) is 0 Å². The van der Waals surface area contributed by atoms with Gasteiger partial charge in [0, 0.05) is 24.9 Å². The molecule has 3 unspecified atom stereocenters. The first-order valence-corrected chi connectivity index (χ1v) is 6.46. The van der Waals surface area contributed by atoms with Crippen molar-refractivity contribution >= 4 is 11.0 Å². The van der Waals surface area contributed by atoms with Crippen molar-refractivity contribution in [3.05, 3.63) is 0 Å². The molecule has 2 rings (SSSR count). The van der Waals surface area contributed by atoms with E-state index in [0.717, 1.165) is 31.3 Å². The molecule has 0 spiro atoms. The molecule has 0 saturated carbocycles. The predicted molar refractivity (Wildman–Crippen MR) is 54.8 cm³/mol. The zero-order valence-corrected chi connectivity index (χ0v) is 8.98. The number of piperidine rings is 1. The lowest BCUT2D eigenvalue weighted by Gasteiger charge is -2.35. The summed E-state index contributed by atoms with van der Waals surface area (Å²) in [6.07, 6.45) is 2.53. The first kappa shape index (κ1) is 9.62. The Morgan fingerprint density at radius 1 is 1.54 bits per heavy atom. The van der Waals surface area contributed by atoms with Crippen LogP contribution in [0.4, 0.5) is 0 Å². The summed E-state index contributed by atoms with van der Waals surface area (Å²) in [4.78, 5) is 0. The van der Waals surface area contributed by atoms with Gasteiger partial charge < -0.3 is 5.32 Å². The van der Waals surface area contributed by atoms with E-state index in [-0.39, 0.29) is 0 Å². The summed E-state index contributed by atoms with van der Waals surface area (Å²) in [6.45, 7) is 5.20. The van der Waals surface area contributed by atoms with Gasteiger partial charge in [-0.15, -0.1) is 0 Å². The molecule has 3 nitrogen and oxygen atoms in total. The Balaban J connectivity index is 2.05. The average Bonchev–Trinajstić information content (AvgIpc) is 2.63. The van der Waals surface area contributed by atoms with Gasteiger partial charge in [-0.3, -0.25) is 0 Å². The maximum absolute atomic E-state index is 11.7. The van der Waals surface area contributed by atoms with Gasteiger partial charge in [0.1, 0.15) is 0 Å². The lowest BCUT2D eigenvalue weighted by Crippen LogP contribution is -2.46. The molecule has 2 aliphatic rings. The number of hydrogen-bond acceptors (Lipinski definition) is 2. The van der Waals surface area contributed by atoms with E-state index < -0.39 is 11.0 Å². The molecule has 4 heteroatoms. The van der Waals surface area contributed by atoms with Gasteiger partial charge in [0.2, 0.25) is 0 Å². The van der Waals surface area contributed by atoms with Crippen molar-refractivity contribution in [2.45, 2.75) is 25.8 Å². The highest BCUT2D eigenvalue weighted by molar-refractivity contribution is 7.82. The number of nitrogens with zero attached hydrogens (tertiary/aromatic N) is 1. The first-order valence-electron chi connectivity index (χ1n) is 5.18. The van der Waals surface area contributed by atoms with Crippen molar-refractivity contribution in [2.75, 3.05) is 25.4 Å². The summed E-state index contributed by atoms with van der Waals surface area (Å²) in [7, 11) is -0.731. The van der Waals surface area contributed by atoms with Crippen LogP contribution < -0.4 is 5.32 Å². The van der Waals surface area contributed by atoms with Crippen LogP contribution in [0.3, 0.4) is 0 Å². The Labute approximate surface area is 82.5 Å². The van der Waals surface area contributed by atoms with Crippen LogP contribution in [0, 0.1) is 5.92 Å². The normalized spacial score (nSPS) is 37.3. The zero-order valence-electron chi connectivity index (χ0n) is 8.16. The fourth-order valence-electron chi connectivity index (χ4n) is 2.44. The van der Waals surface area contributed by atoms with Crippen molar-refractivity contribution in [3.8, 4) is 0 Å². The highest BCUT2D eigenvalue weighted by Crippen LogP contribution is 2.27. The average molecular weight is 202 g/mol. The van der Waals surface area contributed by atoms with Crippen molar-refractivity contribution in [1.29, 1.82) is 0 Å². The second kappa shape index (κ2) is 4.07. The van der Waals surface area contributed by atoms with E-state index in [4.69, 9.17) is 0 Å². The van der Waals surface area contributed by atoms with E-state index in [1.807, 2.05) is 6.92 Å². The second-order valence-electron chi connectivity index (χ2n) is 3.88. The number of hydrogen-bond donors (Lipinski definition) is 1. The highest BCUT2D eigenvalue weighted by Gasteiger charge is 2.36. The standard InChI is InChI=1S/C9H18N2OS/c1-2-13(12)11-5-3-4-8-6-10-7-9(8)11/h8-10H,2-7H2,1H3. The summed E-state index contributed by atoms with van der Waals surface area (Å²) >= 11 is 0. The molecule has 2 aliphatic heterocycles. The summed E-state index contributed by atoms with van der Waals surface area (Å²) in [5, 5.41) is 3.40. The van der Waals surface area contributed by atoms with Crippen LogP contribution in [0.1, 0.15) is 19.8 Å².